The van der Waals surface area contributed by atoms with Gasteiger partial charge in [0.25, 0.3) is 0 Å². The van der Waals surface area contributed by atoms with E-state index in [1.807, 2.05) is 0 Å². The van der Waals surface area contributed by atoms with E-state index in [2.05, 4.69) is 26.3 Å². The first kappa shape index (κ1) is 41.9. The molecule has 0 rings (SSSR count). The summed E-state index contributed by atoms with van der Waals surface area (Å²) in [5, 5.41) is 71.4. The molecule has 0 radical (unpaired) electrons. The van der Waals surface area contributed by atoms with E-state index in [9.17, 15) is 19.2 Å². The van der Waals surface area contributed by atoms with Crippen molar-refractivity contribution < 1.29 is 65.1 Å². The number of aliphatic carboxylic acids is 4. The number of hydrogen-bond donors (Lipinski definition) is 9. The molecule has 0 aromatic heterocycles. The normalized spacial score (nSPS) is 7.81. The highest BCUT2D eigenvalue weighted by atomic mass is 16.4. The van der Waals surface area contributed by atoms with E-state index in [0.717, 1.165) is 31.4 Å². The maximum absolute atomic E-state index is 9.25. The van der Waals surface area contributed by atoms with Crippen LogP contribution in [0.1, 0.15) is 0 Å². The Morgan fingerprint density at radius 1 is 0.548 bits per heavy atom. The summed E-state index contributed by atoms with van der Waals surface area (Å²) in [7, 11) is 1.00. The fourth-order valence-electron chi connectivity index (χ4n) is 0.300. The summed E-state index contributed by atoms with van der Waals surface area (Å²) in [6, 6.07) is 0. The topological polar surface area (TPSA) is 250 Å². The first-order valence-corrected chi connectivity index (χ1v) is 7.62. The van der Waals surface area contributed by atoms with Crippen LogP contribution in [0.4, 0.5) is 0 Å². The average Bonchev–Trinajstić information content (AvgIpc) is 2.78. The molecule has 31 heavy (non-hydrogen) atoms. The number of hydrogen-bond acceptors (Lipinski definition) is 9. The molecule has 13 nitrogen and oxygen atoms in total. The minimum absolute atomic E-state index is 0.406. The molecule has 0 fully saturated rings. The molecule has 0 spiro atoms. The van der Waals surface area contributed by atoms with Gasteiger partial charge >= 0.3 is 23.9 Å². The molecule has 0 saturated carbocycles. The number of aliphatic hydroxyl groups is 5. The zero-order valence-electron chi connectivity index (χ0n) is 17.1. The summed E-state index contributed by atoms with van der Waals surface area (Å²) in [5.41, 5.74) is -1.11. The fourth-order valence-corrected chi connectivity index (χ4v) is 0.300. The minimum atomic E-state index is -1.11. The molecule has 0 bridgehead atoms. The Morgan fingerprint density at radius 2 is 0.645 bits per heavy atom. The molecular formula is C18H32O13. The number of carbonyl (C=O) groups is 4. The van der Waals surface area contributed by atoms with Gasteiger partial charge in [-0.25, -0.2) is 19.2 Å². The Kier molecular flexibility index (Phi) is 46.2. The lowest BCUT2D eigenvalue weighted by molar-refractivity contribution is -0.132. The SMILES string of the molecule is C=CC(=O)O.C=CC(=O)O.C=CC(=O)O.C=CC(=O)O.CO.OCC(CO)(CO)CO. The van der Waals surface area contributed by atoms with Gasteiger partial charge in [-0.1, -0.05) is 26.3 Å². The highest BCUT2D eigenvalue weighted by Gasteiger charge is 2.26. The third-order valence-corrected chi connectivity index (χ3v) is 2.04. The molecule has 0 aliphatic rings. The third-order valence-electron chi connectivity index (χ3n) is 2.04. The van der Waals surface area contributed by atoms with Crippen LogP contribution in [0.2, 0.25) is 0 Å². The average molecular weight is 456 g/mol. The molecule has 9 N–H and O–H groups in total. The van der Waals surface area contributed by atoms with Gasteiger partial charge in [-0.15, -0.1) is 0 Å². The van der Waals surface area contributed by atoms with Gasteiger partial charge in [-0.2, -0.15) is 0 Å². The van der Waals surface area contributed by atoms with Crippen LogP contribution in [0.3, 0.4) is 0 Å². The molecule has 0 unspecified atom stereocenters. The van der Waals surface area contributed by atoms with E-state index in [4.69, 9.17) is 46.0 Å². The first-order chi connectivity index (χ1) is 14.3. The molecule has 182 valence electrons. The lowest BCUT2D eigenvalue weighted by Gasteiger charge is -2.23. The van der Waals surface area contributed by atoms with Crippen LogP contribution in [0.5, 0.6) is 0 Å². The van der Waals surface area contributed by atoms with E-state index in [0.29, 0.717) is 0 Å². The molecule has 0 heterocycles. The van der Waals surface area contributed by atoms with E-state index >= 15 is 0 Å². The molecule has 0 saturated heterocycles. The highest BCUT2D eigenvalue weighted by Crippen LogP contribution is 2.11. The lowest BCUT2D eigenvalue weighted by atomic mass is 9.93. The number of carboxylic acids is 4. The van der Waals surface area contributed by atoms with Crippen molar-refractivity contribution in [2.24, 2.45) is 5.41 Å². The van der Waals surface area contributed by atoms with Crippen molar-refractivity contribution in [1.82, 2.24) is 0 Å². The quantitative estimate of drug-likeness (QED) is 0.190. The Hall–Kier alpha value is -3.36. The summed E-state index contributed by atoms with van der Waals surface area (Å²) >= 11 is 0. The predicted octanol–water partition coefficient (Wildman–Crippen LogP) is -1.42. The van der Waals surface area contributed by atoms with Gasteiger partial charge in [-0.05, 0) is 0 Å². The molecule has 0 aromatic carbocycles. The van der Waals surface area contributed by atoms with Gasteiger partial charge < -0.3 is 46.0 Å². The summed E-state index contributed by atoms with van der Waals surface area (Å²) in [6.07, 6.45) is 3.33. The monoisotopic (exact) mass is 456 g/mol. The van der Waals surface area contributed by atoms with Crippen molar-refractivity contribution in [1.29, 1.82) is 0 Å². The number of carboxylic acid groups (broad SMARTS) is 4. The van der Waals surface area contributed by atoms with Crippen LogP contribution in [-0.4, -0.2) is 103 Å². The van der Waals surface area contributed by atoms with Crippen molar-refractivity contribution in [3.05, 3.63) is 50.6 Å². The molecule has 13 heteroatoms. The van der Waals surface area contributed by atoms with Crippen LogP contribution in [0, 0.1) is 5.41 Å². The van der Waals surface area contributed by atoms with Crippen molar-refractivity contribution in [3.63, 3.8) is 0 Å². The van der Waals surface area contributed by atoms with Gasteiger partial charge in [0, 0.05) is 31.4 Å². The second-order valence-electron chi connectivity index (χ2n) is 4.30. The second kappa shape index (κ2) is 34.2. The van der Waals surface area contributed by atoms with Crippen molar-refractivity contribution >= 4 is 23.9 Å². The third kappa shape index (κ3) is 58.4. The van der Waals surface area contributed by atoms with Crippen LogP contribution < -0.4 is 0 Å². The zero-order chi connectivity index (χ0) is 26.5. The van der Waals surface area contributed by atoms with Crippen LogP contribution >= 0.6 is 0 Å². The van der Waals surface area contributed by atoms with Gasteiger partial charge in [0.1, 0.15) is 0 Å². The predicted molar refractivity (Wildman–Crippen MR) is 110 cm³/mol. The smallest absolute Gasteiger partial charge is 0.327 e. The molecular weight excluding hydrogens is 424 g/mol. The van der Waals surface area contributed by atoms with Gasteiger partial charge in [-0.3, -0.25) is 0 Å². The summed E-state index contributed by atoms with van der Waals surface area (Å²) in [5.74, 6) is -3.93. The van der Waals surface area contributed by atoms with Gasteiger partial charge in [0.15, 0.2) is 0 Å². The zero-order valence-corrected chi connectivity index (χ0v) is 17.1. The second-order valence-corrected chi connectivity index (χ2v) is 4.30. The van der Waals surface area contributed by atoms with E-state index < -0.39 is 55.7 Å². The Balaban J connectivity index is -0.0000000633. The summed E-state index contributed by atoms with van der Waals surface area (Å²) in [4.78, 5) is 37.0. The number of aliphatic hydroxyl groups excluding tert-OH is 5. The maximum atomic E-state index is 9.25. The lowest BCUT2D eigenvalue weighted by Crippen LogP contribution is -2.37. The van der Waals surface area contributed by atoms with Crippen LogP contribution in [-0.2, 0) is 19.2 Å². The highest BCUT2D eigenvalue weighted by molar-refractivity contribution is 5.79. The van der Waals surface area contributed by atoms with E-state index in [1.54, 1.807) is 0 Å². The molecule has 0 amide bonds. The molecule has 0 aliphatic heterocycles. The van der Waals surface area contributed by atoms with Crippen molar-refractivity contribution in [2.45, 2.75) is 0 Å². The fraction of sp³-hybridized carbons (Fsp3) is 0.333. The maximum Gasteiger partial charge on any atom is 0.327 e. The van der Waals surface area contributed by atoms with E-state index in [-0.39, 0.29) is 0 Å². The number of rotatable bonds is 8. The standard InChI is InChI=1S/C5H12O4.4C3H4O2.CH4O/c6-1-5(2-7,3-8)4-9;4*1-2-3(4)5;1-2/h6-9H,1-4H2;4*2H,1H2,(H,4,5);2H,1H3. The Labute approximate surface area is 179 Å². The van der Waals surface area contributed by atoms with Gasteiger partial charge in [0.05, 0.1) is 31.8 Å². The molecule has 0 atom stereocenters. The molecule has 0 aromatic rings. The van der Waals surface area contributed by atoms with Crippen molar-refractivity contribution in [3.8, 4) is 0 Å². The summed E-state index contributed by atoms with van der Waals surface area (Å²) < 4.78 is 0. The Bertz CT molecular complexity index is 419. The van der Waals surface area contributed by atoms with Crippen molar-refractivity contribution in [2.75, 3.05) is 33.5 Å². The minimum Gasteiger partial charge on any atom is -0.478 e. The Morgan fingerprint density at radius 3 is 0.645 bits per heavy atom. The van der Waals surface area contributed by atoms with Crippen LogP contribution in [0.15, 0.2) is 50.6 Å². The summed E-state index contributed by atoms with van der Waals surface area (Å²) in [6.45, 7) is 10.2. The van der Waals surface area contributed by atoms with Gasteiger partial charge in [0.2, 0.25) is 0 Å². The largest absolute Gasteiger partial charge is 0.478 e. The first-order valence-electron chi connectivity index (χ1n) is 7.62. The van der Waals surface area contributed by atoms with E-state index in [1.165, 1.54) is 0 Å². The van der Waals surface area contributed by atoms with Crippen LogP contribution in [0.25, 0.3) is 0 Å². The molecule has 0 aliphatic carbocycles.